The number of benzene rings is 4. The van der Waals surface area contributed by atoms with E-state index in [2.05, 4.69) is 41.2 Å². The van der Waals surface area contributed by atoms with Gasteiger partial charge >= 0.3 is 11.9 Å². The molecule has 1 atom stereocenters. The van der Waals surface area contributed by atoms with E-state index >= 15 is 0 Å². The molecule has 1 aliphatic heterocycles. The maximum atomic E-state index is 12.9. The van der Waals surface area contributed by atoms with E-state index in [-0.39, 0.29) is 79.3 Å². The van der Waals surface area contributed by atoms with Gasteiger partial charge in [0.2, 0.25) is 17.8 Å². The van der Waals surface area contributed by atoms with E-state index < -0.39 is 41.3 Å². The van der Waals surface area contributed by atoms with Gasteiger partial charge in [0, 0.05) is 58.5 Å². The summed E-state index contributed by atoms with van der Waals surface area (Å²) in [5.41, 5.74) is 15.2. The predicted molar refractivity (Wildman–Crippen MR) is 235 cm³/mol. The van der Waals surface area contributed by atoms with Crippen LogP contribution in [0, 0.1) is 5.41 Å². The molecule has 2 aliphatic rings. The van der Waals surface area contributed by atoms with Gasteiger partial charge in [0.1, 0.15) is 24.1 Å². The lowest BCUT2D eigenvalue weighted by molar-refractivity contribution is -0.139. The lowest BCUT2D eigenvalue weighted by atomic mass is 9.89. The molecule has 21 nitrogen and oxygen atoms in total. The van der Waals surface area contributed by atoms with Crippen LogP contribution in [0.25, 0.3) is 44.6 Å². The summed E-state index contributed by atoms with van der Waals surface area (Å²) in [5, 5.41) is 39.5. The average molecular weight is 884 g/mol. The van der Waals surface area contributed by atoms with Gasteiger partial charge in [-0.3, -0.25) is 24.2 Å². The molecular formula is C44H41N11O10. The van der Waals surface area contributed by atoms with Crippen LogP contribution in [0.1, 0.15) is 44.8 Å². The Kier molecular flexibility index (Phi) is 13.3. The second-order valence-electron chi connectivity index (χ2n) is 14.6. The molecule has 0 bridgehead atoms. The number of aromatic amines is 1. The van der Waals surface area contributed by atoms with Crippen LogP contribution in [0.3, 0.4) is 0 Å². The first kappa shape index (κ1) is 44.3. The first-order valence-electron chi connectivity index (χ1n) is 19.9. The number of carboxylic acid groups (broad SMARTS) is 2. The van der Waals surface area contributed by atoms with Crippen molar-refractivity contribution < 1.29 is 43.3 Å². The van der Waals surface area contributed by atoms with Gasteiger partial charge < -0.3 is 57.5 Å². The summed E-state index contributed by atoms with van der Waals surface area (Å²) >= 11 is 0. The number of aromatic carboxylic acids is 1. The van der Waals surface area contributed by atoms with E-state index in [0.717, 1.165) is 0 Å². The van der Waals surface area contributed by atoms with E-state index in [1.807, 2.05) is 0 Å². The van der Waals surface area contributed by atoms with Crippen LogP contribution in [-0.4, -0.2) is 85.7 Å². The molecule has 0 fully saturated rings. The molecule has 1 unspecified atom stereocenters. The Bertz CT molecular complexity index is 3060. The number of anilines is 3. The number of hydrogen-bond acceptors (Lipinski definition) is 15. The highest BCUT2D eigenvalue weighted by atomic mass is 16.5. The minimum absolute atomic E-state index is 0.0174. The Hall–Kier alpha value is -8.72. The number of carbonyl (C=O) groups excluding carboxylic acids is 3. The molecule has 21 heteroatoms. The average Bonchev–Trinajstić information content (AvgIpc) is 3.27. The van der Waals surface area contributed by atoms with Crippen LogP contribution < -0.4 is 43.7 Å². The first-order chi connectivity index (χ1) is 31.2. The fraction of sp³-hybridized carbons (Fsp3) is 0.182. The highest BCUT2D eigenvalue weighted by molar-refractivity contribution is 6.08. The number of ether oxygens (including phenoxy) is 1. The minimum atomic E-state index is -1.36. The second kappa shape index (κ2) is 19.5. The number of rotatable bonds is 18. The lowest BCUT2D eigenvalue weighted by Crippen LogP contribution is -2.41. The zero-order chi connectivity index (χ0) is 46.2. The number of nitrogens with one attached hydrogen (secondary N) is 6. The third-order valence-corrected chi connectivity index (χ3v) is 10.0. The molecule has 3 heterocycles. The number of nitrogen functional groups attached to an aromatic ring is 2. The number of aliphatic carboxylic acids is 1. The monoisotopic (exact) mass is 883 g/mol. The minimum Gasteiger partial charge on any atom is -0.480 e. The molecule has 3 aromatic carbocycles. The topological polar surface area (TPSA) is 344 Å². The van der Waals surface area contributed by atoms with E-state index in [4.69, 9.17) is 26.0 Å². The number of nitrogens with two attached hydrogens (primary N) is 2. The Morgan fingerprint density at radius 2 is 1.68 bits per heavy atom. The van der Waals surface area contributed by atoms with Crippen LogP contribution in [-0.2, 0) is 32.1 Å². The summed E-state index contributed by atoms with van der Waals surface area (Å²) in [5.74, 6) is -3.82. The third kappa shape index (κ3) is 10.8. The van der Waals surface area contributed by atoms with Crippen molar-refractivity contribution in [3.8, 4) is 22.5 Å². The molecule has 0 radical (unpaired) electrons. The summed E-state index contributed by atoms with van der Waals surface area (Å²) in [7, 11) is 0. The van der Waals surface area contributed by atoms with Crippen molar-refractivity contribution in [2.24, 2.45) is 0 Å². The highest BCUT2D eigenvalue weighted by Gasteiger charge is 2.24. The summed E-state index contributed by atoms with van der Waals surface area (Å²) in [6.07, 6.45) is 0.866. The van der Waals surface area contributed by atoms with Gasteiger partial charge in [0.05, 0.1) is 42.4 Å². The SMILES string of the molecule is N=c1ccc2c(-c3ccc(CC(=O)NCCOCNC(=O)CCC(NC(=O)c4ccc(NCc5cnc6nc(N)[nH]c(=O)c6n5)cc4)C(=O)O)cc3C(=O)O)c3ccc(N)cc3oc-2c1. The normalized spacial score (nSPS) is 11.6. The van der Waals surface area contributed by atoms with Crippen molar-refractivity contribution in [3.63, 3.8) is 0 Å². The number of aromatic nitrogens is 4. The number of hydrogen-bond donors (Lipinski definition) is 10. The molecular weight excluding hydrogens is 843 g/mol. The van der Waals surface area contributed by atoms with Crippen LogP contribution in [0.2, 0.25) is 0 Å². The van der Waals surface area contributed by atoms with Gasteiger partial charge in [-0.15, -0.1) is 0 Å². The molecule has 0 saturated heterocycles. The Morgan fingerprint density at radius 1 is 0.892 bits per heavy atom. The predicted octanol–water partition coefficient (Wildman–Crippen LogP) is 2.60. The standard InChI is InChI=1S/C44H41N11O10/c45-24-4-9-29-33(17-24)65-34-18-25(46)5-10-30(34)37(29)28-8-1-22(15-31(28)42(60)61)16-36(57)48-13-14-64-21-51-35(56)12-11-32(43(62)63)53-40(58)23-2-6-26(7-3-23)49-19-27-20-50-39-38(52-27)41(59)55-44(47)54-39/h1-10,15,17-18,20,32,45,49H,11-14,16,19,21,46H2,(H,48,57)(H,51,56)(H,53,58)(H,60,61)(H,62,63)(H3,47,50,54,55,59). The molecule has 7 rings (SSSR count). The smallest absolute Gasteiger partial charge is 0.336 e. The third-order valence-electron chi connectivity index (χ3n) is 10.0. The van der Waals surface area contributed by atoms with Crippen molar-refractivity contribution in [2.45, 2.75) is 31.8 Å². The number of nitrogens with zero attached hydrogens (tertiary/aromatic N) is 3. The number of amides is 3. The molecule has 2 aromatic heterocycles. The summed E-state index contributed by atoms with van der Waals surface area (Å²) in [4.78, 5) is 89.3. The van der Waals surface area contributed by atoms with Gasteiger partial charge in [0.25, 0.3) is 11.5 Å². The van der Waals surface area contributed by atoms with E-state index in [0.29, 0.717) is 56.1 Å². The number of carboxylic acids is 2. The maximum absolute atomic E-state index is 12.9. The van der Waals surface area contributed by atoms with Gasteiger partial charge in [-0.25, -0.2) is 19.6 Å². The summed E-state index contributed by atoms with van der Waals surface area (Å²) in [6, 6.07) is 19.4. The zero-order valence-electron chi connectivity index (χ0n) is 34.3. The van der Waals surface area contributed by atoms with E-state index in [1.165, 1.54) is 30.5 Å². The van der Waals surface area contributed by atoms with Crippen molar-refractivity contribution >= 4 is 69.1 Å². The number of H-pyrrole nitrogens is 1. The maximum Gasteiger partial charge on any atom is 0.336 e. The molecule has 332 valence electrons. The Labute approximate surface area is 367 Å². The Morgan fingerprint density at radius 3 is 2.45 bits per heavy atom. The number of fused-ring (bicyclic) bond motifs is 3. The van der Waals surface area contributed by atoms with Gasteiger partial charge in [-0.2, -0.15) is 4.98 Å². The molecule has 65 heavy (non-hydrogen) atoms. The molecule has 0 spiro atoms. The molecule has 3 amide bonds. The number of carbonyl (C=O) groups is 5. The fourth-order valence-electron chi connectivity index (χ4n) is 6.86. The van der Waals surface area contributed by atoms with Gasteiger partial charge in [-0.1, -0.05) is 12.1 Å². The Balaban J connectivity index is 0.832. The second-order valence-corrected chi connectivity index (χ2v) is 14.6. The first-order valence-corrected chi connectivity index (χ1v) is 19.9. The van der Waals surface area contributed by atoms with Crippen molar-refractivity contribution in [3.05, 3.63) is 123 Å². The van der Waals surface area contributed by atoms with Crippen molar-refractivity contribution in [2.75, 3.05) is 36.7 Å². The van der Waals surface area contributed by atoms with Crippen LogP contribution >= 0.6 is 0 Å². The summed E-state index contributed by atoms with van der Waals surface area (Å²) in [6.45, 7) is 0.0523. The fourth-order valence-corrected chi connectivity index (χ4v) is 6.86. The van der Waals surface area contributed by atoms with Crippen LogP contribution in [0.5, 0.6) is 0 Å². The van der Waals surface area contributed by atoms with Crippen LogP contribution in [0.4, 0.5) is 17.3 Å². The van der Waals surface area contributed by atoms with Gasteiger partial charge in [0.15, 0.2) is 11.2 Å². The lowest BCUT2D eigenvalue weighted by Gasteiger charge is -2.17. The molecule has 0 saturated carbocycles. The largest absolute Gasteiger partial charge is 0.480 e. The highest BCUT2D eigenvalue weighted by Crippen LogP contribution is 2.41. The molecule has 12 N–H and O–H groups in total. The quantitative estimate of drug-likeness (QED) is 0.0256. The van der Waals surface area contributed by atoms with Crippen LogP contribution in [0.15, 0.2) is 94.3 Å². The van der Waals surface area contributed by atoms with E-state index in [1.54, 1.807) is 54.6 Å². The zero-order valence-corrected chi connectivity index (χ0v) is 34.3. The van der Waals surface area contributed by atoms with Crippen molar-refractivity contribution in [1.29, 1.82) is 5.41 Å². The van der Waals surface area contributed by atoms with E-state index in [9.17, 15) is 39.0 Å². The molecule has 1 aliphatic carbocycles. The summed E-state index contributed by atoms with van der Waals surface area (Å²) < 4.78 is 11.4. The van der Waals surface area contributed by atoms with Crippen molar-refractivity contribution in [1.82, 2.24) is 35.9 Å². The molecule has 5 aromatic rings. The van der Waals surface area contributed by atoms with Gasteiger partial charge in [-0.05, 0) is 72.1 Å².